The molecule has 0 spiro atoms. The van der Waals surface area contributed by atoms with Gasteiger partial charge in [-0.2, -0.15) is 0 Å². The number of carbonyl (C=O) groups excluding carboxylic acids is 6. The first-order valence-electron chi connectivity index (χ1n) is 11.6. The van der Waals surface area contributed by atoms with E-state index in [0.717, 1.165) is 0 Å². The predicted octanol–water partition coefficient (Wildman–Crippen LogP) is 1.90. The molecule has 0 aromatic rings. The Morgan fingerprint density at radius 2 is 1.46 bits per heavy atom. The van der Waals surface area contributed by atoms with Gasteiger partial charge in [-0.15, -0.1) is 5.06 Å². The molecule has 35 heavy (non-hydrogen) atoms. The van der Waals surface area contributed by atoms with Crippen molar-refractivity contribution in [2.45, 2.75) is 104 Å². The van der Waals surface area contributed by atoms with E-state index in [1.165, 1.54) is 0 Å². The molecule has 1 aliphatic rings. The number of hydrogen-bond donors (Lipinski definition) is 2. The molecule has 0 radical (unpaired) electrons. The molecule has 1 rings (SSSR count). The Morgan fingerprint density at radius 1 is 0.886 bits per heavy atom. The number of nitrogens with zero attached hydrogens (tertiary/aromatic N) is 1. The van der Waals surface area contributed by atoms with Gasteiger partial charge in [-0.1, -0.05) is 0 Å². The summed E-state index contributed by atoms with van der Waals surface area (Å²) in [6.07, 6.45) is -0.0380. The van der Waals surface area contributed by atoms with E-state index in [9.17, 15) is 28.8 Å². The molecule has 1 unspecified atom stereocenters. The van der Waals surface area contributed by atoms with Crippen LogP contribution in [0.2, 0.25) is 0 Å². The molecule has 2 N–H and O–H groups in total. The number of imide groups is 1. The molecule has 0 aliphatic carbocycles. The molecular weight excluding hydrogens is 462 g/mol. The largest absolute Gasteiger partial charge is 0.458 e. The van der Waals surface area contributed by atoms with Crippen molar-refractivity contribution in [3.05, 3.63) is 0 Å². The van der Waals surface area contributed by atoms with Gasteiger partial charge in [0.2, 0.25) is 5.91 Å². The highest BCUT2D eigenvalue weighted by Crippen LogP contribution is 2.14. The summed E-state index contributed by atoms with van der Waals surface area (Å²) in [5.74, 6) is -3.35. The molecule has 0 bridgehead atoms. The summed E-state index contributed by atoms with van der Waals surface area (Å²) in [4.78, 5) is 76.3. The number of amides is 4. The normalized spacial score (nSPS) is 14.9. The summed E-state index contributed by atoms with van der Waals surface area (Å²) in [6, 6.07) is -0.957. The first-order chi connectivity index (χ1) is 16.1. The molecular formula is C23H37N3O9. The van der Waals surface area contributed by atoms with Crippen LogP contribution in [0.4, 0.5) is 4.79 Å². The van der Waals surface area contributed by atoms with Crippen molar-refractivity contribution in [2.75, 3.05) is 6.54 Å². The molecule has 0 aromatic heterocycles. The Kier molecular flexibility index (Phi) is 11.1. The summed E-state index contributed by atoms with van der Waals surface area (Å²) in [5.41, 5.74) is -1.38. The lowest BCUT2D eigenvalue weighted by molar-refractivity contribution is -0.197. The number of rotatable bonds is 11. The van der Waals surface area contributed by atoms with E-state index >= 15 is 0 Å². The van der Waals surface area contributed by atoms with E-state index in [2.05, 4.69) is 10.6 Å². The monoisotopic (exact) mass is 499 g/mol. The van der Waals surface area contributed by atoms with E-state index < -0.39 is 53.0 Å². The fourth-order valence-corrected chi connectivity index (χ4v) is 2.89. The number of nitrogens with one attached hydrogen (secondary N) is 2. The third kappa shape index (κ3) is 12.7. The van der Waals surface area contributed by atoms with Crippen LogP contribution >= 0.6 is 0 Å². The molecule has 0 saturated carbocycles. The summed E-state index contributed by atoms with van der Waals surface area (Å²) in [5, 5.41) is 5.59. The van der Waals surface area contributed by atoms with Gasteiger partial charge in [0.15, 0.2) is 0 Å². The third-order valence-electron chi connectivity index (χ3n) is 4.37. The van der Waals surface area contributed by atoms with E-state index in [1.54, 1.807) is 41.5 Å². The average molecular weight is 500 g/mol. The molecule has 12 heteroatoms. The smallest absolute Gasteiger partial charge is 0.407 e. The van der Waals surface area contributed by atoms with Crippen LogP contribution < -0.4 is 10.6 Å². The van der Waals surface area contributed by atoms with Crippen molar-refractivity contribution >= 4 is 35.8 Å². The van der Waals surface area contributed by atoms with E-state index in [4.69, 9.17) is 14.3 Å². The molecule has 198 valence electrons. The fraction of sp³-hybridized carbons (Fsp3) is 0.739. The van der Waals surface area contributed by atoms with Crippen molar-refractivity contribution in [1.82, 2.24) is 15.7 Å². The maximum atomic E-state index is 12.6. The summed E-state index contributed by atoms with van der Waals surface area (Å²) in [6.45, 7) is 10.7. The van der Waals surface area contributed by atoms with Crippen LogP contribution in [0, 0.1) is 0 Å². The lowest BCUT2D eigenvalue weighted by atomic mass is 10.1. The van der Waals surface area contributed by atoms with Crippen molar-refractivity contribution in [2.24, 2.45) is 0 Å². The van der Waals surface area contributed by atoms with Crippen LogP contribution in [0.5, 0.6) is 0 Å². The zero-order valence-corrected chi connectivity index (χ0v) is 21.4. The number of alkyl carbamates (subject to hydrolysis) is 1. The van der Waals surface area contributed by atoms with Gasteiger partial charge in [0, 0.05) is 25.8 Å². The lowest BCUT2D eigenvalue weighted by Gasteiger charge is -2.24. The number of hydrogen-bond acceptors (Lipinski definition) is 9. The molecule has 1 fully saturated rings. The quantitative estimate of drug-likeness (QED) is 0.246. The second kappa shape index (κ2) is 13.1. The van der Waals surface area contributed by atoms with Gasteiger partial charge in [-0.3, -0.25) is 14.4 Å². The SMILES string of the molecule is CC(C)(C)OC(=O)NCCCCC(NC(=O)CCC(=O)ON1C(=O)CCC1=O)C(=O)OC(C)(C)C. The molecule has 1 saturated heterocycles. The lowest BCUT2D eigenvalue weighted by Crippen LogP contribution is -2.44. The second-order valence-corrected chi connectivity index (χ2v) is 10.1. The summed E-state index contributed by atoms with van der Waals surface area (Å²) >= 11 is 0. The van der Waals surface area contributed by atoms with Gasteiger partial charge in [0.25, 0.3) is 11.8 Å². The topological polar surface area (TPSA) is 157 Å². The minimum absolute atomic E-state index is 0.0303. The van der Waals surface area contributed by atoms with Crippen molar-refractivity contribution in [1.29, 1.82) is 0 Å². The third-order valence-corrected chi connectivity index (χ3v) is 4.37. The number of esters is 1. The Labute approximate surface area is 205 Å². The zero-order chi connectivity index (χ0) is 26.8. The average Bonchev–Trinajstić information content (AvgIpc) is 3.00. The second-order valence-electron chi connectivity index (χ2n) is 10.1. The van der Waals surface area contributed by atoms with E-state index in [-0.39, 0.29) is 32.1 Å². The number of ether oxygens (including phenoxy) is 2. The zero-order valence-electron chi connectivity index (χ0n) is 21.4. The number of unbranched alkanes of at least 4 members (excludes halogenated alkanes) is 1. The van der Waals surface area contributed by atoms with Crippen molar-refractivity contribution < 1.29 is 43.1 Å². The minimum atomic E-state index is -0.957. The van der Waals surface area contributed by atoms with Gasteiger partial charge in [0.1, 0.15) is 17.2 Å². The maximum absolute atomic E-state index is 12.6. The van der Waals surface area contributed by atoms with Crippen LogP contribution in [-0.4, -0.2) is 64.6 Å². The van der Waals surface area contributed by atoms with Crippen LogP contribution in [0.1, 0.15) is 86.5 Å². The highest BCUT2D eigenvalue weighted by Gasteiger charge is 2.33. The molecule has 12 nitrogen and oxygen atoms in total. The highest BCUT2D eigenvalue weighted by molar-refractivity contribution is 6.01. The summed E-state index contributed by atoms with van der Waals surface area (Å²) < 4.78 is 10.5. The van der Waals surface area contributed by atoms with Crippen LogP contribution in [0.15, 0.2) is 0 Å². The highest BCUT2D eigenvalue weighted by atomic mass is 16.7. The van der Waals surface area contributed by atoms with Crippen LogP contribution in [0.25, 0.3) is 0 Å². The van der Waals surface area contributed by atoms with E-state index in [1.807, 2.05) is 0 Å². The minimum Gasteiger partial charge on any atom is -0.458 e. The molecule has 4 amide bonds. The summed E-state index contributed by atoms with van der Waals surface area (Å²) in [7, 11) is 0. The predicted molar refractivity (Wildman–Crippen MR) is 122 cm³/mol. The first kappa shape index (κ1) is 29.9. The number of hydroxylamine groups is 2. The Hall–Kier alpha value is -3.18. The van der Waals surface area contributed by atoms with Crippen molar-refractivity contribution in [3.8, 4) is 0 Å². The molecule has 0 aromatic carbocycles. The van der Waals surface area contributed by atoms with Gasteiger partial charge in [0.05, 0.1) is 6.42 Å². The number of carbonyl (C=O) groups is 6. The Morgan fingerprint density at radius 3 is 2.00 bits per heavy atom. The van der Waals surface area contributed by atoms with Crippen LogP contribution in [0.3, 0.4) is 0 Å². The van der Waals surface area contributed by atoms with Crippen molar-refractivity contribution in [3.63, 3.8) is 0 Å². The Bertz CT molecular complexity index is 796. The van der Waals surface area contributed by atoms with Gasteiger partial charge >= 0.3 is 18.0 Å². The Balaban J connectivity index is 2.52. The standard InChI is InChI=1S/C23H37N3O9/c1-22(2,3)33-20(31)15(9-7-8-14-24-21(32)34-23(4,5)6)25-16(27)10-13-19(30)35-26-17(28)11-12-18(26)29/h15H,7-14H2,1-6H3,(H,24,32)(H,25,27). The fourth-order valence-electron chi connectivity index (χ4n) is 2.89. The van der Waals surface area contributed by atoms with Gasteiger partial charge < -0.3 is 24.9 Å². The van der Waals surface area contributed by atoms with E-state index in [0.29, 0.717) is 24.4 Å². The molecule has 1 atom stereocenters. The van der Waals surface area contributed by atoms with Gasteiger partial charge in [-0.05, 0) is 60.8 Å². The van der Waals surface area contributed by atoms with Gasteiger partial charge in [-0.25, -0.2) is 14.4 Å². The molecule has 1 heterocycles. The first-order valence-corrected chi connectivity index (χ1v) is 11.6. The maximum Gasteiger partial charge on any atom is 0.407 e. The molecule has 1 aliphatic heterocycles. The van der Waals surface area contributed by atoms with Crippen LogP contribution in [-0.2, 0) is 38.3 Å².